The average Bonchev–Trinajstić information content (AvgIpc) is 2.82. The number of ether oxygens (including phenoxy) is 1. The number of hydrogen-bond donors (Lipinski definition) is 1. The second-order valence-corrected chi connectivity index (χ2v) is 3.08. The van der Waals surface area contributed by atoms with E-state index in [9.17, 15) is 4.79 Å². The highest BCUT2D eigenvalue weighted by Gasteiger charge is 2.27. The van der Waals surface area contributed by atoms with Gasteiger partial charge in [0.1, 0.15) is 0 Å². The van der Waals surface area contributed by atoms with E-state index >= 15 is 0 Å². The summed E-state index contributed by atoms with van der Waals surface area (Å²) < 4.78 is 5.04. The van der Waals surface area contributed by atoms with E-state index < -0.39 is 5.97 Å². The molecule has 3 nitrogen and oxygen atoms in total. The van der Waals surface area contributed by atoms with Crippen LogP contribution < -0.4 is 0 Å². The van der Waals surface area contributed by atoms with E-state index in [1.807, 2.05) is 13.0 Å². The monoisotopic (exact) mass is 170 g/mol. The van der Waals surface area contributed by atoms with Crippen LogP contribution >= 0.6 is 0 Å². The molecule has 0 aromatic heterocycles. The van der Waals surface area contributed by atoms with Gasteiger partial charge in [0.05, 0.1) is 18.6 Å². The van der Waals surface area contributed by atoms with Gasteiger partial charge in [0.2, 0.25) is 0 Å². The first-order valence-electron chi connectivity index (χ1n) is 4.14. The van der Waals surface area contributed by atoms with Crippen molar-refractivity contribution in [1.29, 1.82) is 0 Å². The van der Waals surface area contributed by atoms with Crippen LogP contribution in [0.15, 0.2) is 11.6 Å². The molecule has 1 aliphatic rings. The van der Waals surface area contributed by atoms with Crippen molar-refractivity contribution in [1.82, 2.24) is 0 Å². The van der Waals surface area contributed by atoms with Crippen molar-refractivity contribution in [3.8, 4) is 0 Å². The van der Waals surface area contributed by atoms with Crippen LogP contribution in [-0.4, -0.2) is 23.8 Å². The predicted molar refractivity (Wildman–Crippen MR) is 44.9 cm³/mol. The molecule has 0 bridgehead atoms. The maximum atomic E-state index is 10.6. The second-order valence-electron chi connectivity index (χ2n) is 3.08. The SMILES string of the molecule is CC=C(CC1CO1)C(C)C(=O)O. The smallest absolute Gasteiger partial charge is 0.310 e. The Kier molecular flexibility index (Phi) is 2.87. The van der Waals surface area contributed by atoms with Gasteiger partial charge in [0, 0.05) is 0 Å². The number of carboxylic acids is 1. The molecule has 0 aromatic carbocycles. The number of rotatable bonds is 4. The first-order valence-corrected chi connectivity index (χ1v) is 4.14. The Balaban J connectivity index is 2.48. The minimum absolute atomic E-state index is 0.276. The first kappa shape index (κ1) is 9.26. The Morgan fingerprint density at radius 3 is 2.75 bits per heavy atom. The van der Waals surface area contributed by atoms with Crippen molar-refractivity contribution >= 4 is 5.97 Å². The zero-order valence-corrected chi connectivity index (χ0v) is 7.41. The molecule has 1 aliphatic heterocycles. The van der Waals surface area contributed by atoms with Gasteiger partial charge in [-0.25, -0.2) is 0 Å². The van der Waals surface area contributed by atoms with Gasteiger partial charge < -0.3 is 9.84 Å². The lowest BCUT2D eigenvalue weighted by molar-refractivity contribution is -0.139. The molecule has 0 aromatic rings. The van der Waals surface area contributed by atoms with E-state index in [-0.39, 0.29) is 12.0 Å². The maximum Gasteiger partial charge on any atom is 0.310 e. The summed E-state index contributed by atoms with van der Waals surface area (Å²) >= 11 is 0. The fraction of sp³-hybridized carbons (Fsp3) is 0.667. The Hall–Kier alpha value is -0.830. The van der Waals surface area contributed by atoms with E-state index in [1.165, 1.54) is 0 Å². The minimum atomic E-state index is -0.760. The summed E-state index contributed by atoms with van der Waals surface area (Å²) in [4.78, 5) is 10.6. The zero-order valence-electron chi connectivity index (χ0n) is 7.41. The molecule has 1 heterocycles. The molecule has 0 radical (unpaired) electrons. The summed E-state index contributed by atoms with van der Waals surface area (Å²) in [6.45, 7) is 4.36. The van der Waals surface area contributed by atoms with Gasteiger partial charge in [-0.1, -0.05) is 11.6 Å². The number of epoxide rings is 1. The molecule has 1 N–H and O–H groups in total. The number of carbonyl (C=O) groups is 1. The Labute approximate surface area is 72.0 Å². The number of carboxylic acid groups (broad SMARTS) is 1. The van der Waals surface area contributed by atoms with E-state index in [4.69, 9.17) is 9.84 Å². The van der Waals surface area contributed by atoms with E-state index in [1.54, 1.807) is 6.92 Å². The predicted octanol–water partition coefficient (Wildman–Crippen LogP) is 1.44. The van der Waals surface area contributed by atoms with Crippen LogP contribution in [0, 0.1) is 5.92 Å². The number of allylic oxidation sites excluding steroid dienone is 1. The lowest BCUT2D eigenvalue weighted by atomic mass is 9.97. The third kappa shape index (κ3) is 2.34. The molecule has 0 saturated carbocycles. The number of aliphatic carboxylic acids is 1. The summed E-state index contributed by atoms with van der Waals surface area (Å²) in [5.74, 6) is -1.14. The van der Waals surface area contributed by atoms with Crippen LogP contribution in [0.5, 0.6) is 0 Å². The normalized spacial score (nSPS) is 25.2. The Bertz CT molecular complexity index is 204. The highest BCUT2D eigenvalue weighted by molar-refractivity contribution is 5.73. The second kappa shape index (κ2) is 3.72. The van der Waals surface area contributed by atoms with Gasteiger partial charge in [-0.2, -0.15) is 0 Å². The zero-order chi connectivity index (χ0) is 9.14. The van der Waals surface area contributed by atoms with Crippen molar-refractivity contribution in [3.63, 3.8) is 0 Å². The molecule has 0 aliphatic carbocycles. The molecule has 1 saturated heterocycles. The molecule has 2 unspecified atom stereocenters. The van der Waals surface area contributed by atoms with Crippen molar-refractivity contribution in [2.45, 2.75) is 26.4 Å². The molecule has 1 fully saturated rings. The van der Waals surface area contributed by atoms with Gasteiger partial charge in [-0.3, -0.25) is 4.79 Å². The quantitative estimate of drug-likeness (QED) is 0.513. The van der Waals surface area contributed by atoms with Gasteiger partial charge in [-0.15, -0.1) is 0 Å². The van der Waals surface area contributed by atoms with Gasteiger partial charge in [-0.05, 0) is 20.3 Å². The molecular weight excluding hydrogens is 156 g/mol. The molecule has 0 amide bonds. The van der Waals surface area contributed by atoms with Crippen LogP contribution in [0.1, 0.15) is 20.3 Å². The standard InChI is InChI=1S/C9H14O3/c1-3-7(4-8-5-12-8)6(2)9(10)11/h3,6,8H,4-5H2,1-2H3,(H,10,11). The maximum absolute atomic E-state index is 10.6. The number of hydrogen-bond acceptors (Lipinski definition) is 2. The van der Waals surface area contributed by atoms with Crippen molar-refractivity contribution in [2.24, 2.45) is 5.92 Å². The molecule has 3 heteroatoms. The summed E-state index contributed by atoms with van der Waals surface area (Å²) in [7, 11) is 0. The third-order valence-electron chi connectivity index (χ3n) is 2.16. The molecule has 12 heavy (non-hydrogen) atoms. The van der Waals surface area contributed by atoms with Crippen LogP contribution in [0.4, 0.5) is 0 Å². The summed E-state index contributed by atoms with van der Waals surface area (Å²) in [6.07, 6.45) is 2.92. The van der Waals surface area contributed by atoms with Crippen LogP contribution in [-0.2, 0) is 9.53 Å². The molecule has 0 spiro atoms. The van der Waals surface area contributed by atoms with Crippen LogP contribution in [0.2, 0.25) is 0 Å². The lowest BCUT2D eigenvalue weighted by Crippen LogP contribution is -2.13. The fourth-order valence-electron chi connectivity index (χ4n) is 1.15. The van der Waals surface area contributed by atoms with Crippen molar-refractivity contribution in [3.05, 3.63) is 11.6 Å². The van der Waals surface area contributed by atoms with Crippen LogP contribution in [0.3, 0.4) is 0 Å². The fourth-order valence-corrected chi connectivity index (χ4v) is 1.15. The molecular formula is C9H14O3. The minimum Gasteiger partial charge on any atom is -0.481 e. The van der Waals surface area contributed by atoms with E-state index in [0.29, 0.717) is 0 Å². The Morgan fingerprint density at radius 1 is 1.83 bits per heavy atom. The van der Waals surface area contributed by atoms with Crippen LogP contribution in [0.25, 0.3) is 0 Å². The lowest BCUT2D eigenvalue weighted by Gasteiger charge is -2.09. The summed E-state index contributed by atoms with van der Waals surface area (Å²) in [6, 6.07) is 0. The van der Waals surface area contributed by atoms with E-state index in [0.717, 1.165) is 18.6 Å². The van der Waals surface area contributed by atoms with E-state index in [2.05, 4.69) is 0 Å². The Morgan fingerprint density at radius 2 is 2.42 bits per heavy atom. The molecule has 2 atom stereocenters. The highest BCUT2D eigenvalue weighted by Crippen LogP contribution is 2.24. The third-order valence-corrected chi connectivity index (χ3v) is 2.16. The highest BCUT2D eigenvalue weighted by atomic mass is 16.6. The van der Waals surface area contributed by atoms with Gasteiger partial charge in [0.15, 0.2) is 0 Å². The summed E-state index contributed by atoms with van der Waals surface area (Å²) in [5, 5.41) is 8.74. The van der Waals surface area contributed by atoms with Gasteiger partial charge >= 0.3 is 5.97 Å². The summed E-state index contributed by atoms with van der Waals surface area (Å²) in [5.41, 5.74) is 0.963. The van der Waals surface area contributed by atoms with Crippen molar-refractivity contribution in [2.75, 3.05) is 6.61 Å². The molecule has 1 rings (SSSR count). The average molecular weight is 170 g/mol. The largest absolute Gasteiger partial charge is 0.481 e. The topological polar surface area (TPSA) is 49.8 Å². The van der Waals surface area contributed by atoms with Crippen molar-refractivity contribution < 1.29 is 14.6 Å². The van der Waals surface area contributed by atoms with Gasteiger partial charge in [0.25, 0.3) is 0 Å². The first-order chi connectivity index (χ1) is 5.65. The molecule has 68 valence electrons.